The predicted molar refractivity (Wildman–Crippen MR) is 113 cm³/mol. The van der Waals surface area contributed by atoms with Crippen molar-refractivity contribution in [2.75, 3.05) is 19.6 Å². The van der Waals surface area contributed by atoms with Gasteiger partial charge in [-0.1, -0.05) is 31.9 Å². The van der Waals surface area contributed by atoms with Crippen molar-refractivity contribution in [3.8, 4) is 0 Å². The summed E-state index contributed by atoms with van der Waals surface area (Å²) in [4.78, 5) is 17.8. The molecule has 0 amide bonds. The average molecular weight is 388 g/mol. The largest absolute Gasteiger partial charge is 0.354 e. The monoisotopic (exact) mass is 387 g/mol. The van der Waals surface area contributed by atoms with Gasteiger partial charge in [-0.15, -0.1) is 0 Å². The number of rotatable bonds is 7. The summed E-state index contributed by atoms with van der Waals surface area (Å²) in [5.41, 5.74) is 1.10. The number of guanidine groups is 1. The van der Waals surface area contributed by atoms with E-state index in [9.17, 15) is 10.1 Å². The molecule has 1 saturated heterocycles. The van der Waals surface area contributed by atoms with E-state index in [4.69, 9.17) is 4.99 Å². The summed E-state index contributed by atoms with van der Waals surface area (Å²) in [5, 5.41) is 18.1. The zero-order chi connectivity index (χ0) is 19.8. The molecule has 1 saturated carbocycles. The molecule has 2 aliphatic rings. The number of nitro groups is 1. The molecule has 1 aromatic carbocycles. The molecular weight excluding hydrogens is 354 g/mol. The summed E-state index contributed by atoms with van der Waals surface area (Å²) in [6.07, 6.45) is 8.46. The lowest BCUT2D eigenvalue weighted by Gasteiger charge is -2.33. The van der Waals surface area contributed by atoms with E-state index in [1.807, 2.05) is 0 Å². The molecule has 7 heteroatoms. The second-order valence-electron chi connectivity index (χ2n) is 7.97. The van der Waals surface area contributed by atoms with Crippen LogP contribution >= 0.6 is 0 Å². The topological polar surface area (TPSA) is 82.8 Å². The number of non-ortho nitro benzene ring substituents is 1. The van der Waals surface area contributed by atoms with E-state index in [-0.39, 0.29) is 10.6 Å². The van der Waals surface area contributed by atoms with Gasteiger partial charge in [-0.2, -0.15) is 0 Å². The number of hydrogen-bond donors (Lipinski definition) is 2. The lowest BCUT2D eigenvalue weighted by atomic mass is 10.1. The summed E-state index contributed by atoms with van der Waals surface area (Å²) in [7, 11) is 0. The molecule has 0 spiro atoms. The Morgan fingerprint density at radius 3 is 2.29 bits per heavy atom. The SMILES string of the molecule is CCCN1CCC(NC(=NCc2ccc([N+](=O)[O-])cc2)NC2CCCC2)CC1. The normalized spacial score (nSPS) is 19.7. The zero-order valence-electron chi connectivity index (χ0n) is 16.9. The molecule has 2 N–H and O–H groups in total. The van der Waals surface area contributed by atoms with E-state index >= 15 is 0 Å². The quantitative estimate of drug-likeness (QED) is 0.324. The van der Waals surface area contributed by atoms with E-state index < -0.39 is 0 Å². The minimum atomic E-state index is -0.368. The number of benzene rings is 1. The Balaban J connectivity index is 1.59. The Bertz CT molecular complexity index is 647. The van der Waals surface area contributed by atoms with E-state index in [1.54, 1.807) is 24.3 Å². The highest BCUT2D eigenvalue weighted by molar-refractivity contribution is 5.80. The second kappa shape index (κ2) is 10.4. The summed E-state index contributed by atoms with van der Waals surface area (Å²) in [5.74, 6) is 0.888. The van der Waals surface area contributed by atoms with Crippen LogP contribution in [0.5, 0.6) is 0 Å². The minimum absolute atomic E-state index is 0.119. The number of likely N-dealkylation sites (tertiary alicyclic amines) is 1. The molecule has 1 heterocycles. The third kappa shape index (κ3) is 6.19. The van der Waals surface area contributed by atoms with Crippen molar-refractivity contribution in [3.63, 3.8) is 0 Å². The number of aliphatic imine (C=N–C) groups is 1. The Morgan fingerprint density at radius 1 is 1.11 bits per heavy atom. The molecule has 0 aromatic heterocycles. The minimum Gasteiger partial charge on any atom is -0.354 e. The molecule has 28 heavy (non-hydrogen) atoms. The van der Waals surface area contributed by atoms with Gasteiger partial charge in [-0.3, -0.25) is 10.1 Å². The standard InChI is InChI=1S/C21H33N5O2/c1-2-13-25-14-11-19(12-15-25)24-21(23-18-5-3-4-6-18)22-16-17-7-9-20(10-8-17)26(27)28/h7-10,18-19H,2-6,11-16H2,1H3,(H2,22,23,24). The van der Waals surface area contributed by atoms with Gasteiger partial charge in [0, 0.05) is 37.3 Å². The van der Waals surface area contributed by atoms with Gasteiger partial charge in [-0.05, 0) is 44.2 Å². The average Bonchev–Trinajstić information content (AvgIpc) is 3.21. The van der Waals surface area contributed by atoms with Crippen LogP contribution in [0.3, 0.4) is 0 Å². The molecule has 7 nitrogen and oxygen atoms in total. The van der Waals surface area contributed by atoms with Gasteiger partial charge >= 0.3 is 0 Å². The Morgan fingerprint density at radius 2 is 1.71 bits per heavy atom. The molecule has 0 atom stereocenters. The van der Waals surface area contributed by atoms with Crippen LogP contribution in [-0.4, -0.2) is 47.5 Å². The maximum atomic E-state index is 10.8. The van der Waals surface area contributed by atoms with Crippen LogP contribution < -0.4 is 10.6 Å². The maximum absolute atomic E-state index is 10.8. The van der Waals surface area contributed by atoms with E-state index in [0.717, 1.165) is 37.5 Å². The van der Waals surface area contributed by atoms with Crippen LogP contribution in [0.25, 0.3) is 0 Å². The Labute approximate surface area is 167 Å². The molecule has 1 aliphatic carbocycles. The number of nitro benzene ring substituents is 1. The first kappa shape index (κ1) is 20.6. The van der Waals surface area contributed by atoms with E-state index in [2.05, 4.69) is 22.5 Å². The molecule has 1 aliphatic heterocycles. The fourth-order valence-electron chi connectivity index (χ4n) is 4.10. The van der Waals surface area contributed by atoms with Gasteiger partial charge in [0.1, 0.15) is 0 Å². The molecule has 0 radical (unpaired) electrons. The van der Waals surface area contributed by atoms with Crippen LogP contribution in [0.1, 0.15) is 57.4 Å². The Kier molecular flexibility index (Phi) is 7.65. The molecule has 0 bridgehead atoms. The van der Waals surface area contributed by atoms with Crippen LogP contribution in [0.4, 0.5) is 5.69 Å². The van der Waals surface area contributed by atoms with Gasteiger partial charge in [0.2, 0.25) is 0 Å². The second-order valence-corrected chi connectivity index (χ2v) is 7.97. The predicted octanol–water partition coefficient (Wildman–Crippen LogP) is 3.45. The number of nitrogens with one attached hydrogen (secondary N) is 2. The maximum Gasteiger partial charge on any atom is 0.269 e. The van der Waals surface area contributed by atoms with Crippen molar-refractivity contribution >= 4 is 11.6 Å². The van der Waals surface area contributed by atoms with Gasteiger partial charge in [0.25, 0.3) is 5.69 Å². The van der Waals surface area contributed by atoms with E-state index in [0.29, 0.717) is 18.6 Å². The van der Waals surface area contributed by atoms with Crippen LogP contribution in [0, 0.1) is 10.1 Å². The summed E-state index contributed by atoms with van der Waals surface area (Å²) in [6.45, 7) is 6.23. The first-order valence-electron chi connectivity index (χ1n) is 10.7. The summed E-state index contributed by atoms with van der Waals surface area (Å²) in [6, 6.07) is 7.63. The smallest absolute Gasteiger partial charge is 0.269 e. The number of piperidine rings is 1. The fraction of sp³-hybridized carbons (Fsp3) is 0.667. The molecule has 3 rings (SSSR count). The van der Waals surface area contributed by atoms with Crippen LogP contribution in [0.15, 0.2) is 29.3 Å². The lowest BCUT2D eigenvalue weighted by Crippen LogP contribution is -2.50. The number of hydrogen-bond acceptors (Lipinski definition) is 4. The third-order valence-corrected chi connectivity index (χ3v) is 5.73. The fourth-order valence-corrected chi connectivity index (χ4v) is 4.10. The van der Waals surface area contributed by atoms with Crippen molar-refractivity contribution in [2.45, 2.75) is 70.5 Å². The van der Waals surface area contributed by atoms with Gasteiger partial charge in [0.05, 0.1) is 11.5 Å². The molecule has 0 unspecified atom stereocenters. The lowest BCUT2D eigenvalue weighted by molar-refractivity contribution is -0.384. The highest BCUT2D eigenvalue weighted by atomic mass is 16.6. The first-order valence-corrected chi connectivity index (χ1v) is 10.7. The van der Waals surface area contributed by atoms with Crippen molar-refractivity contribution in [2.24, 2.45) is 4.99 Å². The van der Waals surface area contributed by atoms with Crippen LogP contribution in [-0.2, 0) is 6.54 Å². The number of nitrogens with zero attached hydrogens (tertiary/aromatic N) is 3. The highest BCUT2D eigenvalue weighted by Crippen LogP contribution is 2.18. The first-order chi connectivity index (χ1) is 13.6. The molecular formula is C21H33N5O2. The van der Waals surface area contributed by atoms with Crippen LogP contribution in [0.2, 0.25) is 0 Å². The van der Waals surface area contributed by atoms with Crippen molar-refractivity contribution in [3.05, 3.63) is 39.9 Å². The summed E-state index contributed by atoms with van der Waals surface area (Å²) >= 11 is 0. The van der Waals surface area contributed by atoms with E-state index in [1.165, 1.54) is 38.6 Å². The highest BCUT2D eigenvalue weighted by Gasteiger charge is 2.21. The molecule has 1 aromatic rings. The van der Waals surface area contributed by atoms with Gasteiger partial charge in [0.15, 0.2) is 5.96 Å². The van der Waals surface area contributed by atoms with Crippen molar-refractivity contribution < 1.29 is 4.92 Å². The molecule has 154 valence electrons. The molecule has 2 fully saturated rings. The summed E-state index contributed by atoms with van der Waals surface area (Å²) < 4.78 is 0. The Hall–Kier alpha value is -2.15. The van der Waals surface area contributed by atoms with Crippen molar-refractivity contribution in [1.29, 1.82) is 0 Å². The van der Waals surface area contributed by atoms with Gasteiger partial charge < -0.3 is 15.5 Å². The van der Waals surface area contributed by atoms with Gasteiger partial charge in [-0.25, -0.2) is 4.99 Å². The third-order valence-electron chi connectivity index (χ3n) is 5.73. The van der Waals surface area contributed by atoms with Crippen molar-refractivity contribution in [1.82, 2.24) is 15.5 Å². The zero-order valence-corrected chi connectivity index (χ0v) is 16.9.